The molecule has 0 amide bonds. The summed E-state index contributed by atoms with van der Waals surface area (Å²) in [6.07, 6.45) is 12.2. The molecule has 0 unspecified atom stereocenters. The minimum absolute atomic E-state index is 0.192. The number of allylic oxidation sites excluding steroid dienone is 2. The lowest BCUT2D eigenvalue weighted by atomic mass is 10.1. The number of esters is 1. The summed E-state index contributed by atoms with van der Waals surface area (Å²) in [6, 6.07) is 0. The van der Waals surface area contributed by atoms with Crippen LogP contribution in [0.3, 0.4) is 0 Å². The Kier molecular flexibility index (Phi) is 14.2. The smallest absolute Gasteiger partial charge is 0.302 e. The molecule has 21 heavy (non-hydrogen) atoms. The second-order valence-electron chi connectivity index (χ2n) is 5.18. The third-order valence-corrected chi connectivity index (χ3v) is 3.09. The van der Waals surface area contributed by atoms with Gasteiger partial charge in [0.05, 0.1) is 6.61 Å². The first-order valence-corrected chi connectivity index (χ1v) is 8.14. The molecule has 0 spiro atoms. The van der Waals surface area contributed by atoms with E-state index in [4.69, 9.17) is 4.74 Å². The summed E-state index contributed by atoms with van der Waals surface area (Å²) >= 11 is 0. The molecule has 120 valence electrons. The van der Waals surface area contributed by atoms with Crippen LogP contribution in [0.5, 0.6) is 0 Å². The van der Waals surface area contributed by atoms with Gasteiger partial charge in [-0.3, -0.25) is 4.79 Å². The molecule has 2 nitrogen and oxygen atoms in total. The number of hydrogen-bond donors (Lipinski definition) is 0. The fourth-order valence-electron chi connectivity index (χ4n) is 1.97. The highest BCUT2D eigenvalue weighted by Crippen LogP contribution is 2.09. The Morgan fingerprint density at radius 2 is 1.62 bits per heavy atom. The summed E-state index contributed by atoms with van der Waals surface area (Å²) in [5, 5.41) is 0. The molecule has 0 aromatic carbocycles. The van der Waals surface area contributed by atoms with Crippen molar-refractivity contribution in [2.75, 3.05) is 6.61 Å². The molecule has 0 saturated heterocycles. The highest BCUT2D eigenvalue weighted by atomic mass is 19.1. The van der Waals surface area contributed by atoms with Crippen LogP contribution in [0.25, 0.3) is 0 Å². The Hall–Kier alpha value is -1.30. The standard InChI is InChI=1S/C18H29FO2/c1-3-14-18(19)15-12-10-8-6-4-5-7-9-11-13-16-21-17(2)20/h14H,3-11,13,16H2,1-2H3/b18-14+. The number of hydrogen-bond acceptors (Lipinski definition) is 2. The van der Waals surface area contributed by atoms with Crippen molar-refractivity contribution in [3.05, 3.63) is 11.9 Å². The Labute approximate surface area is 129 Å². The third-order valence-electron chi connectivity index (χ3n) is 3.09. The van der Waals surface area contributed by atoms with Gasteiger partial charge in [0.1, 0.15) is 0 Å². The first-order valence-electron chi connectivity index (χ1n) is 8.14. The van der Waals surface area contributed by atoms with E-state index in [9.17, 15) is 9.18 Å². The van der Waals surface area contributed by atoms with E-state index < -0.39 is 0 Å². The molecule has 3 heteroatoms. The summed E-state index contributed by atoms with van der Waals surface area (Å²) in [5.74, 6) is 4.91. The fraction of sp³-hybridized carbons (Fsp3) is 0.722. The van der Waals surface area contributed by atoms with Crippen LogP contribution in [0.2, 0.25) is 0 Å². The van der Waals surface area contributed by atoms with Crippen LogP contribution in [0.4, 0.5) is 4.39 Å². The van der Waals surface area contributed by atoms with E-state index in [1.54, 1.807) is 0 Å². The van der Waals surface area contributed by atoms with Crippen LogP contribution < -0.4 is 0 Å². The van der Waals surface area contributed by atoms with Gasteiger partial charge in [0.2, 0.25) is 0 Å². The zero-order chi connectivity index (χ0) is 15.8. The highest BCUT2D eigenvalue weighted by Gasteiger charge is 1.94. The summed E-state index contributed by atoms with van der Waals surface area (Å²) in [6.45, 7) is 3.90. The van der Waals surface area contributed by atoms with Crippen molar-refractivity contribution in [2.45, 2.75) is 78.1 Å². The maximum atomic E-state index is 12.9. The lowest BCUT2D eigenvalue weighted by Crippen LogP contribution is -2.00. The molecule has 0 bridgehead atoms. The van der Waals surface area contributed by atoms with Gasteiger partial charge in [-0.2, -0.15) is 4.39 Å². The van der Waals surface area contributed by atoms with E-state index in [1.165, 1.54) is 45.1 Å². The second-order valence-corrected chi connectivity index (χ2v) is 5.18. The molecular formula is C18H29FO2. The molecule has 0 radical (unpaired) electrons. The number of carbonyl (C=O) groups excluding carboxylic acids is 1. The highest BCUT2D eigenvalue weighted by molar-refractivity contribution is 5.65. The van der Waals surface area contributed by atoms with Gasteiger partial charge in [-0.1, -0.05) is 51.4 Å². The normalized spacial score (nSPS) is 10.9. The molecule has 0 atom stereocenters. The van der Waals surface area contributed by atoms with Gasteiger partial charge >= 0.3 is 5.97 Å². The van der Waals surface area contributed by atoms with Crippen molar-refractivity contribution < 1.29 is 13.9 Å². The summed E-state index contributed by atoms with van der Waals surface area (Å²) in [4.78, 5) is 10.5. The maximum Gasteiger partial charge on any atom is 0.302 e. The SMILES string of the molecule is CC/C=C(/F)C#CCCCCCCCCCCOC(C)=O. The number of ether oxygens (including phenoxy) is 1. The van der Waals surface area contributed by atoms with Gasteiger partial charge in [0.25, 0.3) is 0 Å². The van der Waals surface area contributed by atoms with E-state index in [1.807, 2.05) is 6.92 Å². The molecule has 0 saturated carbocycles. The van der Waals surface area contributed by atoms with Crippen molar-refractivity contribution in [3.8, 4) is 11.8 Å². The first kappa shape index (κ1) is 19.7. The Morgan fingerprint density at radius 1 is 1.05 bits per heavy atom. The second kappa shape index (κ2) is 15.1. The average molecular weight is 296 g/mol. The minimum Gasteiger partial charge on any atom is -0.466 e. The van der Waals surface area contributed by atoms with E-state index in [-0.39, 0.29) is 11.8 Å². The first-order chi connectivity index (χ1) is 10.2. The summed E-state index contributed by atoms with van der Waals surface area (Å²) < 4.78 is 17.8. The lowest BCUT2D eigenvalue weighted by Gasteiger charge is -2.02. The van der Waals surface area contributed by atoms with Gasteiger partial charge in [0, 0.05) is 13.3 Å². The Bertz CT molecular complexity index is 350. The predicted molar refractivity (Wildman–Crippen MR) is 85.4 cm³/mol. The maximum absolute atomic E-state index is 12.9. The predicted octanol–water partition coefficient (Wildman–Crippen LogP) is 5.33. The number of carbonyl (C=O) groups is 1. The van der Waals surface area contributed by atoms with Gasteiger partial charge in [-0.05, 0) is 31.3 Å². The van der Waals surface area contributed by atoms with Crippen LogP contribution in [0, 0.1) is 11.8 Å². The van der Waals surface area contributed by atoms with E-state index in [0.717, 1.165) is 25.7 Å². The quantitative estimate of drug-likeness (QED) is 0.293. The molecule has 0 N–H and O–H groups in total. The molecular weight excluding hydrogens is 267 g/mol. The van der Waals surface area contributed by atoms with Crippen LogP contribution in [-0.2, 0) is 9.53 Å². The van der Waals surface area contributed by atoms with Crippen LogP contribution >= 0.6 is 0 Å². The van der Waals surface area contributed by atoms with Crippen LogP contribution in [-0.4, -0.2) is 12.6 Å². The molecule has 0 rings (SSSR count). The van der Waals surface area contributed by atoms with Gasteiger partial charge in [-0.15, -0.1) is 0 Å². The monoisotopic (exact) mass is 296 g/mol. The van der Waals surface area contributed by atoms with Crippen LogP contribution in [0.1, 0.15) is 78.1 Å². The van der Waals surface area contributed by atoms with Gasteiger partial charge in [0.15, 0.2) is 5.83 Å². The minimum atomic E-state index is -0.300. The summed E-state index contributed by atoms with van der Waals surface area (Å²) in [5.41, 5.74) is 0. The molecule has 0 fully saturated rings. The summed E-state index contributed by atoms with van der Waals surface area (Å²) in [7, 11) is 0. The van der Waals surface area contributed by atoms with Gasteiger partial charge in [-0.25, -0.2) is 0 Å². The molecule has 0 aliphatic carbocycles. The van der Waals surface area contributed by atoms with E-state index in [2.05, 4.69) is 11.8 Å². The average Bonchev–Trinajstić information content (AvgIpc) is 2.44. The van der Waals surface area contributed by atoms with Gasteiger partial charge < -0.3 is 4.74 Å². The van der Waals surface area contributed by atoms with Crippen molar-refractivity contribution in [3.63, 3.8) is 0 Å². The molecule has 0 aromatic heterocycles. The third kappa shape index (κ3) is 16.6. The number of unbranched alkanes of at least 4 members (excludes halogenated alkanes) is 8. The van der Waals surface area contributed by atoms with Crippen LogP contribution in [0.15, 0.2) is 11.9 Å². The molecule has 0 aliphatic rings. The number of rotatable bonds is 11. The van der Waals surface area contributed by atoms with E-state index in [0.29, 0.717) is 13.0 Å². The van der Waals surface area contributed by atoms with Crippen molar-refractivity contribution >= 4 is 5.97 Å². The Morgan fingerprint density at radius 3 is 2.19 bits per heavy atom. The zero-order valence-corrected chi connectivity index (χ0v) is 13.5. The van der Waals surface area contributed by atoms with Crippen molar-refractivity contribution in [2.24, 2.45) is 0 Å². The molecule has 0 aromatic rings. The molecule has 0 aliphatic heterocycles. The van der Waals surface area contributed by atoms with E-state index >= 15 is 0 Å². The van der Waals surface area contributed by atoms with Crippen molar-refractivity contribution in [1.82, 2.24) is 0 Å². The largest absolute Gasteiger partial charge is 0.466 e. The molecule has 0 heterocycles. The number of halogens is 1. The Balaban J connectivity index is 3.23. The topological polar surface area (TPSA) is 26.3 Å². The lowest BCUT2D eigenvalue weighted by molar-refractivity contribution is -0.141. The fourth-order valence-corrected chi connectivity index (χ4v) is 1.97. The van der Waals surface area contributed by atoms with Crippen molar-refractivity contribution in [1.29, 1.82) is 0 Å². The zero-order valence-electron chi connectivity index (χ0n) is 13.5.